The number of anilines is 2. The van der Waals surface area contributed by atoms with Gasteiger partial charge in [-0.05, 0) is 69.1 Å². The van der Waals surface area contributed by atoms with Crippen LogP contribution in [0, 0.1) is 11.3 Å². The summed E-state index contributed by atoms with van der Waals surface area (Å²) in [7, 11) is 0. The maximum absolute atomic E-state index is 12.9. The van der Waals surface area contributed by atoms with E-state index in [1.807, 2.05) is 42.2 Å². The summed E-state index contributed by atoms with van der Waals surface area (Å²) in [4.78, 5) is 17.2. The topological polar surface area (TPSA) is 71.4 Å². The van der Waals surface area contributed by atoms with Crippen molar-refractivity contribution in [2.24, 2.45) is 0 Å². The molecule has 4 rings (SSSR count). The van der Waals surface area contributed by atoms with Gasteiger partial charge in [0, 0.05) is 41.4 Å². The number of piperazine rings is 1. The molecule has 2 aromatic rings. The molecule has 2 fully saturated rings. The van der Waals surface area contributed by atoms with Crippen LogP contribution < -0.4 is 15.5 Å². The molecule has 174 valence electrons. The summed E-state index contributed by atoms with van der Waals surface area (Å²) in [5.41, 5.74) is 3.28. The summed E-state index contributed by atoms with van der Waals surface area (Å²) < 4.78 is 0. The van der Waals surface area contributed by atoms with Crippen LogP contribution in [0.15, 0.2) is 36.4 Å². The first-order valence-corrected chi connectivity index (χ1v) is 12.2. The Kier molecular flexibility index (Phi) is 7.33. The molecule has 1 amide bonds. The van der Waals surface area contributed by atoms with Gasteiger partial charge in [-0.3, -0.25) is 4.79 Å². The zero-order chi connectivity index (χ0) is 23.5. The number of hydrogen-bond acceptors (Lipinski definition) is 5. The van der Waals surface area contributed by atoms with Crippen molar-refractivity contribution in [2.45, 2.75) is 44.8 Å². The molecule has 2 aliphatic heterocycles. The van der Waals surface area contributed by atoms with E-state index in [1.54, 1.807) is 6.07 Å². The van der Waals surface area contributed by atoms with E-state index >= 15 is 0 Å². The zero-order valence-electron chi connectivity index (χ0n) is 18.9. The van der Waals surface area contributed by atoms with Crippen molar-refractivity contribution in [3.8, 4) is 6.07 Å². The van der Waals surface area contributed by atoms with Gasteiger partial charge in [0.05, 0.1) is 23.3 Å². The minimum absolute atomic E-state index is 0.0362. The average molecular weight is 486 g/mol. The molecule has 2 aromatic carbocycles. The van der Waals surface area contributed by atoms with Gasteiger partial charge >= 0.3 is 0 Å². The van der Waals surface area contributed by atoms with Crippen LogP contribution in [0.5, 0.6) is 0 Å². The highest BCUT2D eigenvalue weighted by Crippen LogP contribution is 2.32. The second-order valence-corrected chi connectivity index (χ2v) is 9.69. The molecule has 0 aliphatic carbocycles. The Morgan fingerprint density at radius 2 is 2.06 bits per heavy atom. The third-order valence-corrected chi connectivity index (χ3v) is 7.12. The van der Waals surface area contributed by atoms with E-state index in [9.17, 15) is 10.1 Å². The highest BCUT2D eigenvalue weighted by molar-refractivity contribution is 6.35. The molecule has 0 bridgehead atoms. The lowest BCUT2D eigenvalue weighted by Gasteiger charge is -2.42. The molecule has 33 heavy (non-hydrogen) atoms. The highest BCUT2D eigenvalue weighted by atomic mass is 35.5. The van der Waals surface area contributed by atoms with Gasteiger partial charge in [-0.2, -0.15) is 5.26 Å². The van der Waals surface area contributed by atoms with Gasteiger partial charge < -0.3 is 20.4 Å². The van der Waals surface area contributed by atoms with Crippen molar-refractivity contribution in [1.29, 1.82) is 5.26 Å². The van der Waals surface area contributed by atoms with E-state index in [0.717, 1.165) is 49.4 Å². The summed E-state index contributed by atoms with van der Waals surface area (Å²) in [6, 6.07) is 13.5. The Balaban J connectivity index is 1.48. The van der Waals surface area contributed by atoms with Crippen molar-refractivity contribution < 1.29 is 4.79 Å². The molecule has 2 N–H and O–H groups in total. The van der Waals surface area contributed by atoms with Crippen molar-refractivity contribution in [3.63, 3.8) is 0 Å². The van der Waals surface area contributed by atoms with E-state index in [-0.39, 0.29) is 24.0 Å². The van der Waals surface area contributed by atoms with Crippen LogP contribution in [-0.4, -0.2) is 49.1 Å². The first kappa shape index (κ1) is 23.7. The minimum atomic E-state index is -0.107. The molecular formula is C25H29Cl2N5O. The van der Waals surface area contributed by atoms with Gasteiger partial charge in [-0.1, -0.05) is 29.3 Å². The van der Waals surface area contributed by atoms with Crippen LogP contribution >= 0.6 is 23.2 Å². The number of nitriles is 1. The lowest BCUT2D eigenvalue weighted by Crippen LogP contribution is -2.57. The number of halogens is 2. The number of nitrogens with one attached hydrogen (secondary N) is 2. The second kappa shape index (κ2) is 10.2. The van der Waals surface area contributed by atoms with E-state index in [0.29, 0.717) is 22.2 Å². The average Bonchev–Trinajstić information content (AvgIpc) is 3.33. The van der Waals surface area contributed by atoms with Crippen LogP contribution in [0.4, 0.5) is 11.4 Å². The molecule has 2 heterocycles. The van der Waals surface area contributed by atoms with Gasteiger partial charge in [-0.15, -0.1) is 0 Å². The molecular weight excluding hydrogens is 457 g/mol. The Hall–Kier alpha value is -2.46. The normalized spacial score (nSPS) is 21.5. The van der Waals surface area contributed by atoms with Crippen LogP contribution in [0.3, 0.4) is 0 Å². The van der Waals surface area contributed by atoms with Gasteiger partial charge in [0.1, 0.15) is 6.07 Å². The van der Waals surface area contributed by atoms with Crippen molar-refractivity contribution >= 4 is 40.5 Å². The van der Waals surface area contributed by atoms with Crippen molar-refractivity contribution in [1.82, 2.24) is 10.2 Å². The van der Waals surface area contributed by atoms with E-state index < -0.39 is 0 Å². The van der Waals surface area contributed by atoms with E-state index in [2.05, 4.69) is 28.5 Å². The zero-order valence-corrected chi connectivity index (χ0v) is 20.5. The molecule has 0 spiro atoms. The molecule has 0 radical (unpaired) electrons. The largest absolute Gasteiger partial charge is 0.377 e. The maximum Gasteiger partial charge on any atom is 0.240 e. The molecule has 6 nitrogen and oxygen atoms in total. The molecule has 0 aromatic heterocycles. The summed E-state index contributed by atoms with van der Waals surface area (Å²) in [5, 5.41) is 17.6. The third kappa shape index (κ3) is 5.22. The van der Waals surface area contributed by atoms with Crippen LogP contribution in [0.25, 0.3) is 0 Å². The fourth-order valence-corrected chi connectivity index (χ4v) is 5.30. The van der Waals surface area contributed by atoms with E-state index in [1.165, 1.54) is 0 Å². The SMILES string of the molecule is C[C@@H]1CN(c2ccc(C#N)c(N[C@H](C)c3ccc(Cl)cc3Cl)c2)CCN1C(=O)[C@H]1CCCN1. The standard InChI is InChI=1S/C25H29Cl2N5O/c1-16-15-31(10-11-32(16)25(33)23-4-3-9-29-23)20-7-5-18(14-28)24(13-20)30-17(2)21-8-6-19(26)12-22(21)27/h5-8,12-13,16-17,23,29-30H,3-4,9-11,15H2,1-2H3/t16-,17-,23-/m1/s1. The molecule has 2 saturated heterocycles. The summed E-state index contributed by atoms with van der Waals surface area (Å²) in [6.07, 6.45) is 1.98. The first-order valence-electron chi connectivity index (χ1n) is 11.4. The fraction of sp³-hybridized carbons (Fsp3) is 0.440. The Labute approximate surface area is 205 Å². The molecule has 8 heteroatoms. The number of carbonyl (C=O) groups excluding carboxylic acids is 1. The highest BCUT2D eigenvalue weighted by Gasteiger charge is 2.33. The number of benzene rings is 2. The fourth-order valence-electron chi connectivity index (χ4n) is 4.72. The molecule has 2 aliphatic rings. The predicted molar refractivity (Wildman–Crippen MR) is 134 cm³/mol. The van der Waals surface area contributed by atoms with Gasteiger partial charge in [0.15, 0.2) is 0 Å². The first-order chi connectivity index (χ1) is 15.9. The number of amides is 1. The lowest BCUT2D eigenvalue weighted by molar-refractivity contribution is -0.135. The minimum Gasteiger partial charge on any atom is -0.377 e. The second-order valence-electron chi connectivity index (χ2n) is 8.85. The molecule has 0 saturated carbocycles. The van der Waals surface area contributed by atoms with Crippen molar-refractivity contribution in [2.75, 3.05) is 36.4 Å². The number of hydrogen-bond donors (Lipinski definition) is 2. The Bertz CT molecular complexity index is 1060. The maximum atomic E-state index is 12.9. The van der Waals surface area contributed by atoms with E-state index in [4.69, 9.17) is 23.2 Å². The summed E-state index contributed by atoms with van der Waals surface area (Å²) in [5.74, 6) is 0.218. The van der Waals surface area contributed by atoms with Crippen LogP contribution in [0.1, 0.15) is 43.9 Å². The number of nitrogens with zero attached hydrogens (tertiary/aromatic N) is 3. The van der Waals surface area contributed by atoms with Crippen LogP contribution in [0.2, 0.25) is 10.0 Å². The molecule has 0 unspecified atom stereocenters. The third-order valence-electron chi connectivity index (χ3n) is 6.56. The molecule has 3 atom stereocenters. The number of carbonyl (C=O) groups is 1. The monoisotopic (exact) mass is 485 g/mol. The van der Waals surface area contributed by atoms with Crippen molar-refractivity contribution in [3.05, 3.63) is 57.6 Å². The van der Waals surface area contributed by atoms with Gasteiger partial charge in [0.2, 0.25) is 5.91 Å². The van der Waals surface area contributed by atoms with Gasteiger partial charge in [0.25, 0.3) is 0 Å². The van der Waals surface area contributed by atoms with Gasteiger partial charge in [-0.25, -0.2) is 0 Å². The summed E-state index contributed by atoms with van der Waals surface area (Å²) in [6.45, 7) is 7.23. The van der Waals surface area contributed by atoms with Crippen LogP contribution in [-0.2, 0) is 4.79 Å². The smallest absolute Gasteiger partial charge is 0.240 e. The lowest BCUT2D eigenvalue weighted by atomic mass is 10.1. The summed E-state index contributed by atoms with van der Waals surface area (Å²) >= 11 is 12.4. The Morgan fingerprint density at radius 1 is 1.24 bits per heavy atom. The quantitative estimate of drug-likeness (QED) is 0.634. The Morgan fingerprint density at radius 3 is 2.73 bits per heavy atom. The predicted octanol–water partition coefficient (Wildman–Crippen LogP) is 4.83. The number of rotatable bonds is 5.